The first kappa shape index (κ1) is 10.1. The molecule has 11 heavy (non-hydrogen) atoms. The van der Waals surface area contributed by atoms with Crippen LogP contribution in [0.25, 0.3) is 0 Å². The van der Waals surface area contributed by atoms with Crippen LogP contribution < -0.4 is 5.32 Å². The van der Waals surface area contributed by atoms with Gasteiger partial charge in [-0.05, 0) is 0 Å². The highest BCUT2D eigenvalue weighted by Crippen LogP contribution is 1.98. The zero-order valence-corrected chi connectivity index (χ0v) is 6.70. The van der Waals surface area contributed by atoms with Gasteiger partial charge >= 0.3 is 0 Å². The Balaban J connectivity index is 4.02. The zero-order valence-electron chi connectivity index (χ0n) is 6.70. The Kier molecular flexibility index (Phi) is 4.45. The highest BCUT2D eigenvalue weighted by Gasteiger charge is 2.18. The van der Waals surface area contributed by atoms with Crippen LogP contribution >= 0.6 is 0 Å². The molecule has 0 aliphatic rings. The lowest BCUT2D eigenvalue weighted by atomic mass is 10.0. The van der Waals surface area contributed by atoms with Gasteiger partial charge in [0.2, 0.25) is 6.41 Å². The second-order valence-corrected chi connectivity index (χ2v) is 2.58. The Morgan fingerprint density at radius 1 is 1.64 bits per heavy atom. The summed E-state index contributed by atoms with van der Waals surface area (Å²) in [5.74, 6) is -0.320. The van der Waals surface area contributed by atoms with Crippen LogP contribution in [-0.2, 0) is 9.59 Å². The van der Waals surface area contributed by atoms with Crippen LogP contribution in [0.5, 0.6) is 0 Å². The summed E-state index contributed by atoms with van der Waals surface area (Å²) < 4.78 is 0. The first-order valence-corrected chi connectivity index (χ1v) is 3.47. The quantitative estimate of drug-likeness (QED) is 0.522. The smallest absolute Gasteiger partial charge is 0.207 e. The van der Waals surface area contributed by atoms with Gasteiger partial charge < -0.3 is 10.4 Å². The maximum atomic E-state index is 11.1. The van der Waals surface area contributed by atoms with Crippen molar-refractivity contribution in [2.75, 3.05) is 6.61 Å². The molecular weight excluding hydrogens is 146 g/mol. The predicted molar refractivity (Wildman–Crippen MR) is 39.9 cm³/mol. The van der Waals surface area contributed by atoms with Gasteiger partial charge in [-0.1, -0.05) is 13.8 Å². The summed E-state index contributed by atoms with van der Waals surface area (Å²) in [5, 5.41) is 10.9. The molecule has 1 unspecified atom stereocenters. The van der Waals surface area contributed by atoms with Gasteiger partial charge in [0.25, 0.3) is 0 Å². The average Bonchev–Trinajstić information content (AvgIpc) is 1.98. The van der Waals surface area contributed by atoms with E-state index in [0.717, 1.165) is 0 Å². The summed E-state index contributed by atoms with van der Waals surface area (Å²) in [6, 6.07) is -0.743. The van der Waals surface area contributed by atoms with E-state index in [-0.39, 0.29) is 18.3 Å². The number of carbonyl (C=O) groups is 2. The van der Waals surface area contributed by atoms with Crippen molar-refractivity contribution in [2.45, 2.75) is 19.9 Å². The number of Topliss-reactive ketones (excluding diaryl/α,β-unsaturated/α-hetero) is 1. The van der Waals surface area contributed by atoms with E-state index < -0.39 is 6.04 Å². The fourth-order valence-corrected chi connectivity index (χ4v) is 0.709. The van der Waals surface area contributed by atoms with Crippen molar-refractivity contribution in [2.24, 2.45) is 5.92 Å². The van der Waals surface area contributed by atoms with E-state index in [1.165, 1.54) is 0 Å². The maximum Gasteiger partial charge on any atom is 0.207 e. The first-order chi connectivity index (χ1) is 5.13. The van der Waals surface area contributed by atoms with Crippen molar-refractivity contribution in [3.63, 3.8) is 0 Å². The third-order valence-corrected chi connectivity index (χ3v) is 1.36. The topological polar surface area (TPSA) is 66.4 Å². The number of nitrogens with one attached hydrogen (secondary N) is 1. The average molecular weight is 159 g/mol. The third-order valence-electron chi connectivity index (χ3n) is 1.36. The van der Waals surface area contributed by atoms with Gasteiger partial charge in [-0.25, -0.2) is 0 Å². The van der Waals surface area contributed by atoms with Gasteiger partial charge in [0.15, 0.2) is 5.78 Å². The molecule has 0 spiro atoms. The van der Waals surface area contributed by atoms with Gasteiger partial charge in [-0.2, -0.15) is 0 Å². The summed E-state index contributed by atoms with van der Waals surface area (Å²) in [7, 11) is 0. The van der Waals surface area contributed by atoms with E-state index in [1.807, 2.05) is 0 Å². The number of carbonyl (C=O) groups excluding carboxylic acids is 2. The number of hydrogen-bond acceptors (Lipinski definition) is 3. The molecule has 0 aliphatic heterocycles. The molecule has 0 bridgehead atoms. The molecule has 0 rings (SSSR count). The summed E-state index contributed by atoms with van der Waals surface area (Å²) in [6.45, 7) is 3.10. The molecule has 1 atom stereocenters. The number of aliphatic hydroxyl groups is 1. The molecule has 2 N–H and O–H groups in total. The molecule has 0 fully saturated rings. The lowest BCUT2D eigenvalue weighted by Gasteiger charge is -2.13. The lowest BCUT2D eigenvalue weighted by molar-refractivity contribution is -0.127. The van der Waals surface area contributed by atoms with Crippen molar-refractivity contribution < 1.29 is 14.7 Å². The van der Waals surface area contributed by atoms with Crippen LogP contribution in [-0.4, -0.2) is 29.9 Å². The molecule has 0 aromatic heterocycles. The fraction of sp³-hybridized carbons (Fsp3) is 0.714. The predicted octanol–water partition coefficient (Wildman–Crippen LogP) is -0.682. The largest absolute Gasteiger partial charge is 0.394 e. The Bertz CT molecular complexity index is 145. The minimum atomic E-state index is -0.743. The van der Waals surface area contributed by atoms with Gasteiger partial charge in [0.1, 0.15) is 6.04 Å². The fourth-order valence-electron chi connectivity index (χ4n) is 0.709. The molecule has 64 valence electrons. The van der Waals surface area contributed by atoms with E-state index in [4.69, 9.17) is 5.11 Å². The van der Waals surface area contributed by atoms with E-state index in [1.54, 1.807) is 13.8 Å². The summed E-state index contributed by atoms with van der Waals surface area (Å²) in [5.41, 5.74) is 0. The van der Waals surface area contributed by atoms with Crippen molar-refractivity contribution in [3.8, 4) is 0 Å². The molecule has 4 heteroatoms. The van der Waals surface area contributed by atoms with Gasteiger partial charge in [0, 0.05) is 5.92 Å². The van der Waals surface area contributed by atoms with Crippen LogP contribution in [0.1, 0.15) is 13.8 Å². The molecule has 0 saturated carbocycles. The standard InChI is InChI=1S/C7H13NO3/c1-5(2)7(11)6(3-9)8-4-10/h4-6,9H,3H2,1-2H3,(H,8,10). The van der Waals surface area contributed by atoms with E-state index in [9.17, 15) is 9.59 Å². The Morgan fingerprint density at radius 2 is 2.18 bits per heavy atom. The second-order valence-electron chi connectivity index (χ2n) is 2.58. The molecule has 0 aromatic carbocycles. The number of hydrogen-bond donors (Lipinski definition) is 2. The van der Waals surface area contributed by atoms with Crippen LogP contribution in [0.4, 0.5) is 0 Å². The van der Waals surface area contributed by atoms with Crippen LogP contribution in [0.2, 0.25) is 0 Å². The minimum absolute atomic E-state index is 0.153. The molecule has 0 aromatic rings. The number of rotatable bonds is 5. The Morgan fingerprint density at radius 3 is 2.45 bits per heavy atom. The third kappa shape index (κ3) is 3.13. The molecule has 0 heterocycles. The lowest BCUT2D eigenvalue weighted by Crippen LogP contribution is -2.41. The molecular formula is C7H13NO3. The minimum Gasteiger partial charge on any atom is -0.394 e. The van der Waals surface area contributed by atoms with Crippen molar-refractivity contribution >= 4 is 12.2 Å². The number of ketones is 1. The number of amides is 1. The Labute approximate surface area is 65.6 Å². The van der Waals surface area contributed by atoms with Gasteiger partial charge in [-0.3, -0.25) is 9.59 Å². The van der Waals surface area contributed by atoms with Crippen LogP contribution in [0, 0.1) is 5.92 Å². The highest BCUT2D eigenvalue weighted by atomic mass is 16.3. The molecule has 0 radical (unpaired) electrons. The van der Waals surface area contributed by atoms with Gasteiger partial charge in [0.05, 0.1) is 6.61 Å². The monoisotopic (exact) mass is 159 g/mol. The van der Waals surface area contributed by atoms with E-state index in [2.05, 4.69) is 5.32 Å². The number of aliphatic hydroxyl groups excluding tert-OH is 1. The maximum absolute atomic E-state index is 11.1. The summed E-state index contributed by atoms with van der Waals surface area (Å²) in [4.78, 5) is 21.0. The molecule has 1 amide bonds. The van der Waals surface area contributed by atoms with Crippen molar-refractivity contribution in [1.82, 2.24) is 5.32 Å². The van der Waals surface area contributed by atoms with Crippen LogP contribution in [0.15, 0.2) is 0 Å². The zero-order chi connectivity index (χ0) is 8.85. The van der Waals surface area contributed by atoms with Crippen molar-refractivity contribution in [3.05, 3.63) is 0 Å². The molecule has 0 aliphatic carbocycles. The van der Waals surface area contributed by atoms with Gasteiger partial charge in [-0.15, -0.1) is 0 Å². The summed E-state index contributed by atoms with van der Waals surface area (Å²) >= 11 is 0. The van der Waals surface area contributed by atoms with E-state index >= 15 is 0 Å². The van der Waals surface area contributed by atoms with E-state index in [0.29, 0.717) is 6.41 Å². The summed E-state index contributed by atoms with van der Waals surface area (Å²) in [6.07, 6.45) is 0.418. The second kappa shape index (κ2) is 4.85. The Hall–Kier alpha value is -0.900. The normalized spacial score (nSPS) is 12.7. The highest BCUT2D eigenvalue weighted by molar-refractivity contribution is 5.87. The molecule has 0 saturated heterocycles. The van der Waals surface area contributed by atoms with Crippen molar-refractivity contribution in [1.29, 1.82) is 0 Å². The first-order valence-electron chi connectivity index (χ1n) is 3.47. The van der Waals surface area contributed by atoms with Crippen LogP contribution in [0.3, 0.4) is 0 Å². The SMILES string of the molecule is CC(C)C(=O)C(CO)NC=O. The molecule has 4 nitrogen and oxygen atoms in total.